The molecule has 5 nitrogen and oxygen atoms in total. The number of carbonyl (C=O) groups excluding carboxylic acids is 1. The summed E-state index contributed by atoms with van der Waals surface area (Å²) in [5.74, 6) is 0.925. The van der Waals surface area contributed by atoms with Gasteiger partial charge in [0.1, 0.15) is 5.37 Å². The highest BCUT2D eigenvalue weighted by atomic mass is 32.2. The lowest BCUT2D eigenvalue weighted by Gasteiger charge is -2.38. The van der Waals surface area contributed by atoms with Gasteiger partial charge in [0.15, 0.2) is 9.84 Å². The van der Waals surface area contributed by atoms with Crippen LogP contribution >= 0.6 is 11.8 Å². The summed E-state index contributed by atoms with van der Waals surface area (Å²) in [6.45, 7) is 6.09. The molecule has 0 aromatic rings. The van der Waals surface area contributed by atoms with Gasteiger partial charge in [-0.05, 0) is 5.41 Å². The van der Waals surface area contributed by atoms with E-state index < -0.39 is 21.3 Å². The van der Waals surface area contributed by atoms with Crippen molar-refractivity contribution in [3.05, 3.63) is 0 Å². The van der Waals surface area contributed by atoms with Crippen molar-refractivity contribution in [3.8, 4) is 0 Å². The summed E-state index contributed by atoms with van der Waals surface area (Å²) in [6.07, 6.45) is 1.17. The lowest BCUT2D eigenvalue weighted by Crippen LogP contribution is -2.57. The molecule has 0 radical (unpaired) electrons. The molecule has 0 saturated carbocycles. The number of rotatable bonds is 2. The summed E-state index contributed by atoms with van der Waals surface area (Å²) in [4.78, 5) is 13.8. The zero-order valence-electron chi connectivity index (χ0n) is 11.3. The number of hydrogen-bond donors (Lipinski definition) is 1. The van der Waals surface area contributed by atoms with E-state index in [2.05, 4.69) is 0 Å². The van der Waals surface area contributed by atoms with Gasteiger partial charge in [-0.25, -0.2) is 8.42 Å². The van der Waals surface area contributed by atoms with E-state index in [1.165, 1.54) is 11.2 Å². The Morgan fingerprint density at radius 2 is 2.00 bits per heavy atom. The van der Waals surface area contributed by atoms with E-state index in [4.69, 9.17) is 5.73 Å². The van der Waals surface area contributed by atoms with E-state index in [0.29, 0.717) is 12.3 Å². The minimum atomic E-state index is -3.27. The molecule has 0 aliphatic carbocycles. The summed E-state index contributed by atoms with van der Waals surface area (Å²) in [5.41, 5.74) is 5.57. The van der Waals surface area contributed by atoms with Crippen LogP contribution in [0.15, 0.2) is 0 Å². The molecule has 1 heterocycles. The van der Waals surface area contributed by atoms with Crippen LogP contribution in [-0.4, -0.2) is 54.9 Å². The SMILES string of the molecule is CC(C)(C)[C@H](N)C(=O)N1CCSCC1S(C)(=O)=O. The maximum atomic E-state index is 12.3. The summed E-state index contributed by atoms with van der Waals surface area (Å²) >= 11 is 1.56. The summed E-state index contributed by atoms with van der Waals surface area (Å²) in [5, 5.41) is -0.739. The number of thioether (sulfide) groups is 1. The molecular formula is C11H22N2O3S2. The fraction of sp³-hybridized carbons (Fsp3) is 0.909. The summed E-state index contributed by atoms with van der Waals surface area (Å²) in [6, 6.07) is -0.676. The molecule has 1 aliphatic rings. The maximum Gasteiger partial charge on any atom is 0.241 e. The first kappa shape index (κ1) is 15.8. The maximum absolute atomic E-state index is 12.3. The van der Waals surface area contributed by atoms with E-state index in [1.807, 2.05) is 20.8 Å². The summed E-state index contributed by atoms with van der Waals surface area (Å²) < 4.78 is 23.5. The van der Waals surface area contributed by atoms with Crippen LogP contribution < -0.4 is 5.73 Å². The Bertz CT molecular complexity index is 414. The average Bonchev–Trinajstić information content (AvgIpc) is 2.24. The van der Waals surface area contributed by atoms with Crippen molar-refractivity contribution in [1.29, 1.82) is 0 Å². The quantitative estimate of drug-likeness (QED) is 0.792. The molecule has 0 aromatic carbocycles. The molecule has 0 bridgehead atoms. The van der Waals surface area contributed by atoms with Gasteiger partial charge in [-0.1, -0.05) is 20.8 Å². The van der Waals surface area contributed by atoms with Crippen LogP contribution in [0.1, 0.15) is 20.8 Å². The largest absolute Gasteiger partial charge is 0.323 e. The van der Waals surface area contributed by atoms with Crippen LogP contribution in [0.25, 0.3) is 0 Å². The van der Waals surface area contributed by atoms with Gasteiger partial charge < -0.3 is 10.6 Å². The van der Waals surface area contributed by atoms with E-state index in [0.717, 1.165) is 5.75 Å². The minimum absolute atomic E-state index is 0.266. The van der Waals surface area contributed by atoms with Gasteiger partial charge in [-0.15, -0.1) is 0 Å². The van der Waals surface area contributed by atoms with Gasteiger partial charge in [0.25, 0.3) is 0 Å². The molecule has 1 fully saturated rings. The monoisotopic (exact) mass is 294 g/mol. The highest BCUT2D eigenvalue weighted by Crippen LogP contribution is 2.25. The molecule has 2 N–H and O–H groups in total. The molecule has 1 unspecified atom stereocenters. The number of carbonyl (C=O) groups is 1. The number of sulfone groups is 1. The number of nitrogens with two attached hydrogens (primary N) is 1. The second-order valence-electron chi connectivity index (χ2n) is 5.73. The first-order valence-electron chi connectivity index (χ1n) is 5.88. The van der Waals surface area contributed by atoms with Crippen molar-refractivity contribution in [2.24, 2.45) is 11.1 Å². The molecule has 1 saturated heterocycles. The molecule has 7 heteroatoms. The molecule has 1 amide bonds. The molecule has 106 valence electrons. The van der Waals surface area contributed by atoms with E-state index in [9.17, 15) is 13.2 Å². The summed E-state index contributed by atoms with van der Waals surface area (Å²) in [7, 11) is -3.27. The Morgan fingerprint density at radius 3 is 2.44 bits per heavy atom. The number of hydrogen-bond acceptors (Lipinski definition) is 5. The normalized spacial score (nSPS) is 23.8. The third-order valence-corrected chi connectivity index (χ3v) is 5.70. The zero-order valence-corrected chi connectivity index (χ0v) is 13.0. The minimum Gasteiger partial charge on any atom is -0.323 e. The van der Waals surface area contributed by atoms with Crippen LogP contribution in [0.4, 0.5) is 0 Å². The van der Waals surface area contributed by atoms with Crippen molar-refractivity contribution in [2.45, 2.75) is 32.2 Å². The smallest absolute Gasteiger partial charge is 0.241 e. The first-order chi connectivity index (χ1) is 8.05. The molecule has 1 aliphatic heterocycles. The van der Waals surface area contributed by atoms with Crippen molar-refractivity contribution in [3.63, 3.8) is 0 Å². The zero-order chi connectivity index (χ0) is 14.1. The first-order valence-corrected chi connectivity index (χ1v) is 8.98. The van der Waals surface area contributed by atoms with Gasteiger partial charge in [0.05, 0.1) is 6.04 Å². The lowest BCUT2D eigenvalue weighted by atomic mass is 9.86. The van der Waals surface area contributed by atoms with Gasteiger partial charge in [0, 0.05) is 24.3 Å². The van der Waals surface area contributed by atoms with E-state index >= 15 is 0 Å². The average molecular weight is 294 g/mol. The molecule has 0 spiro atoms. The Balaban J connectivity index is 2.95. The van der Waals surface area contributed by atoms with Crippen LogP contribution in [0.3, 0.4) is 0 Å². The lowest BCUT2D eigenvalue weighted by molar-refractivity contribution is -0.135. The van der Waals surface area contributed by atoms with Crippen LogP contribution in [0.5, 0.6) is 0 Å². The number of nitrogens with zero attached hydrogens (tertiary/aromatic N) is 1. The number of amides is 1. The van der Waals surface area contributed by atoms with E-state index in [-0.39, 0.29) is 11.3 Å². The van der Waals surface area contributed by atoms with Crippen molar-refractivity contribution < 1.29 is 13.2 Å². The molecule has 2 atom stereocenters. The fourth-order valence-corrected chi connectivity index (χ4v) is 4.56. The Kier molecular flexibility index (Phi) is 4.72. The van der Waals surface area contributed by atoms with E-state index in [1.54, 1.807) is 11.8 Å². The van der Waals surface area contributed by atoms with Crippen molar-refractivity contribution in [1.82, 2.24) is 4.90 Å². The second kappa shape index (κ2) is 5.38. The highest BCUT2D eigenvalue weighted by Gasteiger charge is 2.39. The van der Waals surface area contributed by atoms with Crippen LogP contribution in [0, 0.1) is 5.41 Å². The third kappa shape index (κ3) is 3.61. The Hall–Kier alpha value is -0.270. The van der Waals surface area contributed by atoms with Crippen molar-refractivity contribution in [2.75, 3.05) is 24.3 Å². The Morgan fingerprint density at radius 1 is 1.44 bits per heavy atom. The third-order valence-electron chi connectivity index (χ3n) is 3.06. The topological polar surface area (TPSA) is 80.5 Å². The van der Waals surface area contributed by atoms with Gasteiger partial charge in [-0.3, -0.25) is 4.79 Å². The molecule has 0 aromatic heterocycles. The fourth-order valence-electron chi connectivity index (χ4n) is 1.74. The van der Waals surface area contributed by atoms with Crippen LogP contribution in [0.2, 0.25) is 0 Å². The molecule has 18 heavy (non-hydrogen) atoms. The van der Waals surface area contributed by atoms with Crippen LogP contribution in [-0.2, 0) is 14.6 Å². The molecular weight excluding hydrogens is 272 g/mol. The van der Waals surface area contributed by atoms with Gasteiger partial charge in [-0.2, -0.15) is 11.8 Å². The predicted molar refractivity (Wildman–Crippen MR) is 75.1 cm³/mol. The standard InChI is InChI=1S/C11H22N2O3S2/c1-11(2,3)9(12)10(14)13-5-6-17-7-8(13)18(4,15)16/h8-9H,5-7,12H2,1-4H3/t8?,9-/m1/s1. The van der Waals surface area contributed by atoms with Gasteiger partial charge >= 0.3 is 0 Å². The molecule has 1 rings (SSSR count). The van der Waals surface area contributed by atoms with Gasteiger partial charge in [0.2, 0.25) is 5.91 Å². The predicted octanol–water partition coefficient (Wildman–Crippen LogP) is 0.306. The highest BCUT2D eigenvalue weighted by molar-refractivity contribution is 8.00. The van der Waals surface area contributed by atoms with Crippen molar-refractivity contribution >= 4 is 27.5 Å². The second-order valence-corrected chi connectivity index (χ2v) is 9.09. The Labute approximate surface area is 113 Å².